The first kappa shape index (κ1) is 33.6. The van der Waals surface area contributed by atoms with E-state index in [1.54, 1.807) is 18.6 Å². The fourth-order valence-corrected chi connectivity index (χ4v) is 6.33. The fraction of sp³-hybridized carbons (Fsp3) is 0.282. The van der Waals surface area contributed by atoms with Gasteiger partial charge in [-0.3, -0.25) is 9.78 Å². The Kier molecular flexibility index (Phi) is 11.1. The molecule has 49 heavy (non-hydrogen) atoms. The molecule has 0 aliphatic heterocycles. The van der Waals surface area contributed by atoms with Gasteiger partial charge in [0.2, 0.25) is 5.91 Å². The number of carbonyl (C=O) groups is 1. The Hall–Kier alpha value is -5.32. The third-order valence-corrected chi connectivity index (χ3v) is 8.81. The minimum atomic E-state index is -0.366. The van der Waals surface area contributed by atoms with Crippen molar-refractivity contribution in [3.63, 3.8) is 0 Å². The van der Waals surface area contributed by atoms with Gasteiger partial charge in [0.1, 0.15) is 5.82 Å². The van der Waals surface area contributed by atoms with Crippen molar-refractivity contribution < 1.29 is 9.90 Å². The number of aliphatic hydroxyl groups is 1. The van der Waals surface area contributed by atoms with E-state index in [4.69, 9.17) is 10.7 Å². The van der Waals surface area contributed by atoms with Crippen LogP contribution in [0.1, 0.15) is 43.4 Å². The number of aromatic nitrogens is 5. The molecule has 6 aromatic rings. The van der Waals surface area contributed by atoms with E-state index in [-0.39, 0.29) is 25.0 Å². The number of fused-ring (bicyclic) bond motifs is 1. The number of imidazole rings is 2. The smallest absolute Gasteiger partial charge is 0.219 e. The Labute approximate surface area is 287 Å². The molecule has 0 aliphatic rings. The van der Waals surface area contributed by atoms with E-state index in [9.17, 15) is 9.90 Å². The molecule has 10 nitrogen and oxygen atoms in total. The molecule has 4 N–H and O–H groups in total. The molecule has 3 heterocycles. The number of amides is 1. The summed E-state index contributed by atoms with van der Waals surface area (Å²) < 4.78 is 4.37. The van der Waals surface area contributed by atoms with Gasteiger partial charge in [0.25, 0.3) is 0 Å². The zero-order valence-electron chi connectivity index (χ0n) is 27.9. The predicted octanol–water partition coefficient (Wildman–Crippen LogP) is 5.97. The number of hydrogen-bond acceptors (Lipinski definition) is 7. The number of aliphatic hydroxyl groups excluding tert-OH is 1. The lowest BCUT2D eigenvalue weighted by Crippen LogP contribution is -2.27. The summed E-state index contributed by atoms with van der Waals surface area (Å²) in [6.07, 6.45) is 11.3. The summed E-state index contributed by atoms with van der Waals surface area (Å²) in [5, 5.41) is 13.2. The third-order valence-electron chi connectivity index (χ3n) is 8.81. The molecule has 0 spiro atoms. The highest BCUT2D eigenvalue weighted by Gasteiger charge is 2.19. The van der Waals surface area contributed by atoms with Gasteiger partial charge in [0, 0.05) is 81.2 Å². The Bertz CT molecular complexity index is 1910. The second-order valence-electron chi connectivity index (χ2n) is 12.3. The number of nitrogens with zero attached hydrogens (tertiary/aromatic N) is 6. The number of pyridine rings is 1. The monoisotopic (exact) mass is 656 g/mol. The maximum atomic E-state index is 12.2. The van der Waals surface area contributed by atoms with E-state index in [0.29, 0.717) is 13.1 Å². The van der Waals surface area contributed by atoms with Gasteiger partial charge in [-0.1, -0.05) is 37.3 Å². The van der Waals surface area contributed by atoms with Gasteiger partial charge in [-0.15, -0.1) is 0 Å². The summed E-state index contributed by atoms with van der Waals surface area (Å²) in [5.41, 5.74) is 14.1. The number of benzene rings is 3. The highest BCUT2D eigenvalue weighted by atomic mass is 16.3. The summed E-state index contributed by atoms with van der Waals surface area (Å²) in [5.74, 6) is 0.525. The normalized spacial score (nSPS) is 12.0. The predicted molar refractivity (Wildman–Crippen MR) is 195 cm³/mol. The maximum absolute atomic E-state index is 12.2. The van der Waals surface area contributed by atoms with Crippen molar-refractivity contribution in [2.75, 3.05) is 24.6 Å². The Balaban J connectivity index is 1.27. The van der Waals surface area contributed by atoms with Gasteiger partial charge in [-0.05, 0) is 83.6 Å². The molecule has 0 aliphatic carbocycles. The minimum absolute atomic E-state index is 0.112. The van der Waals surface area contributed by atoms with Crippen LogP contribution in [0.5, 0.6) is 0 Å². The van der Waals surface area contributed by atoms with Gasteiger partial charge in [-0.25, -0.2) is 9.97 Å². The van der Waals surface area contributed by atoms with Gasteiger partial charge in [0.05, 0.1) is 24.0 Å². The van der Waals surface area contributed by atoms with Gasteiger partial charge in [-0.2, -0.15) is 0 Å². The molecule has 0 saturated carbocycles. The molecule has 6 rings (SSSR count). The highest BCUT2D eigenvalue weighted by Crippen LogP contribution is 2.30. The largest absolute Gasteiger partial charge is 0.395 e. The molecule has 1 atom stereocenters. The van der Waals surface area contributed by atoms with Crippen molar-refractivity contribution in [2.24, 2.45) is 5.73 Å². The zero-order valence-corrected chi connectivity index (χ0v) is 27.9. The summed E-state index contributed by atoms with van der Waals surface area (Å²) in [6, 6.07) is 26.8. The van der Waals surface area contributed by atoms with Gasteiger partial charge in [0.15, 0.2) is 0 Å². The quantitative estimate of drug-likeness (QED) is 0.110. The molecule has 0 fully saturated rings. The molecule has 1 unspecified atom stereocenters. The minimum Gasteiger partial charge on any atom is -0.395 e. The SMILES string of the molecule is CCCN(CCO)c1ccc(-c2nc3cc(C(CC(N)=O)NCc4ccc(-c5ccncc5)cc4)ccc3n2CCCn2ccnc2)cc1. The fourth-order valence-electron chi connectivity index (χ4n) is 6.33. The van der Waals surface area contributed by atoms with E-state index in [0.717, 1.165) is 82.8 Å². The van der Waals surface area contributed by atoms with Crippen molar-refractivity contribution in [2.45, 2.75) is 51.9 Å². The average molecular weight is 657 g/mol. The van der Waals surface area contributed by atoms with Gasteiger partial charge < -0.3 is 30.2 Å². The molecule has 3 aromatic heterocycles. The highest BCUT2D eigenvalue weighted by molar-refractivity contribution is 5.82. The molecule has 10 heteroatoms. The van der Waals surface area contributed by atoms with Crippen LogP contribution in [-0.2, 0) is 24.4 Å². The van der Waals surface area contributed by atoms with Crippen LogP contribution in [0.4, 0.5) is 5.69 Å². The first-order chi connectivity index (χ1) is 24.0. The molecule has 0 bridgehead atoms. The second-order valence-corrected chi connectivity index (χ2v) is 12.3. The first-order valence-corrected chi connectivity index (χ1v) is 17.0. The van der Waals surface area contributed by atoms with E-state index < -0.39 is 0 Å². The van der Waals surface area contributed by atoms with Crippen LogP contribution in [0.2, 0.25) is 0 Å². The average Bonchev–Trinajstić information content (AvgIpc) is 3.78. The number of primary amides is 1. The molecular weight excluding hydrogens is 612 g/mol. The number of rotatable bonds is 17. The summed E-state index contributed by atoms with van der Waals surface area (Å²) in [4.78, 5) is 27.9. The Morgan fingerprint density at radius 1 is 0.898 bits per heavy atom. The van der Waals surface area contributed by atoms with Crippen molar-refractivity contribution in [1.29, 1.82) is 0 Å². The molecule has 0 saturated heterocycles. The van der Waals surface area contributed by atoms with Crippen LogP contribution >= 0.6 is 0 Å². The zero-order chi connectivity index (χ0) is 34.0. The molecule has 252 valence electrons. The van der Waals surface area contributed by atoms with Crippen molar-refractivity contribution in [3.8, 4) is 22.5 Å². The molecule has 0 radical (unpaired) electrons. The lowest BCUT2D eigenvalue weighted by Gasteiger charge is -2.23. The van der Waals surface area contributed by atoms with E-state index in [1.807, 2.05) is 24.7 Å². The van der Waals surface area contributed by atoms with Gasteiger partial charge >= 0.3 is 0 Å². The molecule has 1 amide bonds. The Morgan fingerprint density at radius 2 is 1.65 bits per heavy atom. The van der Waals surface area contributed by atoms with Crippen LogP contribution in [-0.4, -0.2) is 54.8 Å². The topological polar surface area (TPSA) is 127 Å². The lowest BCUT2D eigenvalue weighted by molar-refractivity contribution is -0.118. The van der Waals surface area contributed by atoms with Crippen molar-refractivity contribution in [3.05, 3.63) is 121 Å². The second kappa shape index (κ2) is 16.2. The van der Waals surface area contributed by atoms with Crippen LogP contribution in [0.15, 0.2) is 110 Å². The summed E-state index contributed by atoms with van der Waals surface area (Å²) in [7, 11) is 0. The maximum Gasteiger partial charge on any atom is 0.219 e. The number of carbonyl (C=O) groups excluding carboxylic acids is 1. The standard InChI is InChI=1S/C39H44N8O2/c1-2-19-46(23-24-48)34-11-8-32(9-12-34)39-44-36-25-33(10-13-37(36)47(39)21-3-20-45-22-18-42-28-45)35(26-38(40)49)43-27-29-4-6-30(7-5-29)31-14-16-41-17-15-31/h4-18,22,25,28,35,43,48H,2-3,19-21,23-24,26-27H2,1H3,(H2,40,49). The number of nitrogens with two attached hydrogens (primary N) is 1. The summed E-state index contributed by atoms with van der Waals surface area (Å²) >= 11 is 0. The van der Waals surface area contributed by atoms with Crippen LogP contribution in [0, 0.1) is 0 Å². The number of aryl methyl sites for hydroxylation is 2. The van der Waals surface area contributed by atoms with Crippen LogP contribution in [0.3, 0.4) is 0 Å². The van der Waals surface area contributed by atoms with Crippen LogP contribution < -0.4 is 16.0 Å². The number of nitrogens with one attached hydrogen (secondary N) is 1. The van der Waals surface area contributed by atoms with E-state index in [1.165, 1.54) is 0 Å². The van der Waals surface area contributed by atoms with Crippen molar-refractivity contribution >= 4 is 22.6 Å². The molecule has 3 aromatic carbocycles. The first-order valence-electron chi connectivity index (χ1n) is 17.0. The van der Waals surface area contributed by atoms with Crippen LogP contribution in [0.25, 0.3) is 33.5 Å². The lowest BCUT2D eigenvalue weighted by atomic mass is 10.0. The number of hydrogen-bond donors (Lipinski definition) is 3. The molecular formula is C39H44N8O2. The Morgan fingerprint density at radius 3 is 2.35 bits per heavy atom. The van der Waals surface area contributed by atoms with E-state index >= 15 is 0 Å². The van der Waals surface area contributed by atoms with Crippen molar-refractivity contribution in [1.82, 2.24) is 29.4 Å². The summed E-state index contributed by atoms with van der Waals surface area (Å²) in [6.45, 7) is 5.93. The number of anilines is 1. The third kappa shape index (κ3) is 8.40. The van der Waals surface area contributed by atoms with E-state index in [2.05, 4.69) is 103 Å².